The van der Waals surface area contributed by atoms with Crippen molar-refractivity contribution in [3.63, 3.8) is 0 Å². The van der Waals surface area contributed by atoms with E-state index in [1.54, 1.807) is 25.3 Å². The minimum absolute atomic E-state index is 0.120. The summed E-state index contributed by atoms with van der Waals surface area (Å²) in [6, 6.07) is 5.36. The summed E-state index contributed by atoms with van der Waals surface area (Å²) in [5.41, 5.74) is 1.48. The summed E-state index contributed by atoms with van der Waals surface area (Å²) >= 11 is 0. The third-order valence-electron chi connectivity index (χ3n) is 2.04. The molecule has 15 heavy (non-hydrogen) atoms. The number of rotatable bonds is 4. The molecule has 0 atom stereocenters. The summed E-state index contributed by atoms with van der Waals surface area (Å²) < 4.78 is 5.15. The zero-order chi connectivity index (χ0) is 11.3. The van der Waals surface area contributed by atoms with E-state index < -0.39 is 0 Å². The summed E-state index contributed by atoms with van der Waals surface area (Å²) in [5.74, 6) is 0.448. The first-order chi connectivity index (χ1) is 7.22. The van der Waals surface area contributed by atoms with Crippen molar-refractivity contribution < 1.29 is 9.53 Å². The molecule has 0 aliphatic carbocycles. The molecule has 0 bridgehead atoms. The molecule has 0 radical (unpaired) electrons. The highest BCUT2D eigenvalue weighted by atomic mass is 16.5. The van der Waals surface area contributed by atoms with Gasteiger partial charge in [-0.2, -0.15) is 0 Å². The molecule has 0 aromatic heterocycles. The summed E-state index contributed by atoms with van der Waals surface area (Å²) in [7, 11) is 1.55. The molecule has 0 aliphatic heterocycles. The first kappa shape index (κ1) is 11.3. The first-order valence-electron chi connectivity index (χ1n) is 4.81. The second-order valence-electron chi connectivity index (χ2n) is 3.02. The number of nitrogens with one attached hydrogen (secondary N) is 1. The van der Waals surface area contributed by atoms with Crippen molar-refractivity contribution >= 4 is 12.0 Å². The zero-order valence-electron chi connectivity index (χ0n) is 9.04. The summed E-state index contributed by atoms with van der Waals surface area (Å²) in [6.45, 7) is 6.14. The van der Waals surface area contributed by atoms with E-state index >= 15 is 0 Å². The zero-order valence-corrected chi connectivity index (χ0v) is 9.04. The van der Waals surface area contributed by atoms with Crippen LogP contribution < -0.4 is 10.1 Å². The van der Waals surface area contributed by atoms with Gasteiger partial charge in [0.2, 0.25) is 0 Å². The quantitative estimate of drug-likeness (QED) is 0.817. The van der Waals surface area contributed by atoms with Crippen LogP contribution in [0.4, 0.5) is 0 Å². The fourth-order valence-electron chi connectivity index (χ4n) is 1.28. The molecule has 0 aliphatic rings. The maximum Gasteiger partial charge on any atom is 0.255 e. The van der Waals surface area contributed by atoms with Crippen molar-refractivity contribution in [1.82, 2.24) is 5.32 Å². The minimum Gasteiger partial charge on any atom is -0.496 e. The van der Waals surface area contributed by atoms with Crippen molar-refractivity contribution in [2.45, 2.75) is 6.92 Å². The fourth-order valence-corrected chi connectivity index (χ4v) is 1.28. The van der Waals surface area contributed by atoms with Gasteiger partial charge in [-0.15, -0.1) is 0 Å². The van der Waals surface area contributed by atoms with Gasteiger partial charge in [0.15, 0.2) is 0 Å². The molecule has 1 aromatic carbocycles. The van der Waals surface area contributed by atoms with Crippen molar-refractivity contribution in [1.29, 1.82) is 0 Å². The SMILES string of the molecule is C=Cc1ccc(C(=O)NCC)c(OC)c1. The van der Waals surface area contributed by atoms with Crippen LogP contribution >= 0.6 is 0 Å². The maximum atomic E-state index is 11.6. The molecule has 3 nitrogen and oxygen atoms in total. The fraction of sp³-hybridized carbons (Fsp3) is 0.250. The van der Waals surface area contributed by atoms with Crippen LogP contribution in [0.5, 0.6) is 5.75 Å². The number of carbonyl (C=O) groups is 1. The molecule has 1 N–H and O–H groups in total. The second kappa shape index (κ2) is 5.20. The summed E-state index contributed by atoms with van der Waals surface area (Å²) in [4.78, 5) is 11.6. The van der Waals surface area contributed by atoms with Gasteiger partial charge in [-0.3, -0.25) is 4.79 Å². The Kier molecular flexibility index (Phi) is 3.92. The van der Waals surface area contributed by atoms with Crippen LogP contribution in [0, 0.1) is 0 Å². The van der Waals surface area contributed by atoms with Crippen LogP contribution in [0.25, 0.3) is 6.08 Å². The van der Waals surface area contributed by atoms with Crippen molar-refractivity contribution in [3.8, 4) is 5.75 Å². The Balaban J connectivity index is 3.07. The Morgan fingerprint density at radius 1 is 1.60 bits per heavy atom. The molecule has 1 rings (SSSR count). The molecule has 3 heteroatoms. The smallest absolute Gasteiger partial charge is 0.255 e. The molecule has 80 valence electrons. The highest BCUT2D eigenvalue weighted by Crippen LogP contribution is 2.20. The second-order valence-corrected chi connectivity index (χ2v) is 3.02. The Morgan fingerprint density at radius 2 is 2.33 bits per heavy atom. The number of methoxy groups -OCH3 is 1. The van der Waals surface area contributed by atoms with Gasteiger partial charge in [-0.1, -0.05) is 18.7 Å². The van der Waals surface area contributed by atoms with Gasteiger partial charge in [0, 0.05) is 6.54 Å². The molecule has 0 saturated heterocycles. The van der Waals surface area contributed by atoms with E-state index in [4.69, 9.17) is 4.74 Å². The molecule has 0 fully saturated rings. The third-order valence-corrected chi connectivity index (χ3v) is 2.04. The van der Waals surface area contributed by atoms with E-state index in [0.717, 1.165) is 5.56 Å². The molecule has 0 heterocycles. The maximum absolute atomic E-state index is 11.6. The van der Waals surface area contributed by atoms with Crippen molar-refractivity contribution in [2.75, 3.05) is 13.7 Å². The number of benzene rings is 1. The predicted octanol–water partition coefficient (Wildman–Crippen LogP) is 2.09. The number of hydrogen-bond donors (Lipinski definition) is 1. The Hall–Kier alpha value is -1.77. The van der Waals surface area contributed by atoms with E-state index in [1.165, 1.54) is 0 Å². The number of hydrogen-bond acceptors (Lipinski definition) is 2. The normalized spacial score (nSPS) is 9.47. The van der Waals surface area contributed by atoms with Crippen LogP contribution in [-0.2, 0) is 0 Å². The summed E-state index contributed by atoms with van der Waals surface area (Å²) in [5, 5.41) is 2.73. The Labute approximate surface area is 89.8 Å². The lowest BCUT2D eigenvalue weighted by atomic mass is 10.1. The Bertz CT molecular complexity index is 372. The van der Waals surface area contributed by atoms with Crippen LogP contribution in [0.3, 0.4) is 0 Å². The molecular weight excluding hydrogens is 190 g/mol. The lowest BCUT2D eigenvalue weighted by Crippen LogP contribution is -2.23. The van der Waals surface area contributed by atoms with Gasteiger partial charge < -0.3 is 10.1 Å². The average Bonchev–Trinajstić information content (AvgIpc) is 2.28. The van der Waals surface area contributed by atoms with E-state index in [0.29, 0.717) is 17.9 Å². The molecule has 0 saturated carbocycles. The van der Waals surface area contributed by atoms with Crippen molar-refractivity contribution in [3.05, 3.63) is 35.9 Å². The molecule has 1 aromatic rings. The Morgan fingerprint density at radius 3 is 2.87 bits per heavy atom. The van der Waals surface area contributed by atoms with E-state index in [9.17, 15) is 4.79 Å². The van der Waals surface area contributed by atoms with E-state index in [2.05, 4.69) is 11.9 Å². The van der Waals surface area contributed by atoms with E-state index in [1.807, 2.05) is 13.0 Å². The average molecular weight is 205 g/mol. The van der Waals surface area contributed by atoms with Gasteiger partial charge in [0.25, 0.3) is 5.91 Å². The highest BCUT2D eigenvalue weighted by molar-refractivity contribution is 5.97. The van der Waals surface area contributed by atoms with E-state index in [-0.39, 0.29) is 5.91 Å². The molecule has 0 unspecified atom stereocenters. The standard InChI is InChI=1S/C12H15NO2/c1-4-9-6-7-10(11(8-9)15-3)12(14)13-5-2/h4,6-8H,1,5H2,2-3H3,(H,13,14). The number of carbonyl (C=O) groups excluding carboxylic acids is 1. The largest absolute Gasteiger partial charge is 0.496 e. The third kappa shape index (κ3) is 2.59. The van der Waals surface area contributed by atoms with Crippen molar-refractivity contribution in [2.24, 2.45) is 0 Å². The minimum atomic E-state index is -0.120. The van der Waals surface area contributed by atoms with Crippen LogP contribution in [0.2, 0.25) is 0 Å². The monoisotopic (exact) mass is 205 g/mol. The highest BCUT2D eigenvalue weighted by Gasteiger charge is 2.10. The summed E-state index contributed by atoms with van der Waals surface area (Å²) in [6.07, 6.45) is 1.71. The van der Waals surface area contributed by atoms with Gasteiger partial charge in [0.1, 0.15) is 5.75 Å². The van der Waals surface area contributed by atoms with Crippen LogP contribution in [0.15, 0.2) is 24.8 Å². The number of amides is 1. The van der Waals surface area contributed by atoms with Gasteiger partial charge >= 0.3 is 0 Å². The van der Waals surface area contributed by atoms with Gasteiger partial charge in [-0.25, -0.2) is 0 Å². The number of ether oxygens (including phenoxy) is 1. The first-order valence-corrected chi connectivity index (χ1v) is 4.81. The molecule has 0 spiro atoms. The van der Waals surface area contributed by atoms with Gasteiger partial charge in [-0.05, 0) is 24.6 Å². The van der Waals surface area contributed by atoms with Gasteiger partial charge in [0.05, 0.1) is 12.7 Å². The topological polar surface area (TPSA) is 38.3 Å². The predicted molar refractivity (Wildman–Crippen MR) is 61.1 cm³/mol. The van der Waals surface area contributed by atoms with Crippen LogP contribution in [-0.4, -0.2) is 19.6 Å². The molecule has 1 amide bonds. The van der Waals surface area contributed by atoms with Crippen LogP contribution in [0.1, 0.15) is 22.8 Å². The molecular formula is C12H15NO2. The lowest BCUT2D eigenvalue weighted by Gasteiger charge is -2.08. The lowest BCUT2D eigenvalue weighted by molar-refractivity contribution is 0.0953.